The number of fused-ring (bicyclic) bond motifs is 3. The van der Waals surface area contributed by atoms with E-state index >= 15 is 0 Å². The van der Waals surface area contributed by atoms with Crippen molar-refractivity contribution in [3.8, 4) is 11.1 Å². The molecule has 0 atom stereocenters. The molecule has 2 aromatic carbocycles. The van der Waals surface area contributed by atoms with Crippen molar-refractivity contribution in [3.63, 3.8) is 0 Å². The van der Waals surface area contributed by atoms with Gasteiger partial charge in [0.05, 0.1) is 0 Å². The summed E-state index contributed by atoms with van der Waals surface area (Å²) in [5.41, 5.74) is 19.4. The molecule has 0 fully saturated rings. The van der Waals surface area contributed by atoms with Gasteiger partial charge in [-0.25, -0.2) is 0 Å². The van der Waals surface area contributed by atoms with Gasteiger partial charge < -0.3 is 0 Å². The molecule has 0 radical (unpaired) electrons. The van der Waals surface area contributed by atoms with Crippen molar-refractivity contribution >= 4 is 0 Å². The van der Waals surface area contributed by atoms with Gasteiger partial charge in [0, 0.05) is 0 Å². The van der Waals surface area contributed by atoms with Crippen molar-refractivity contribution in [1.29, 1.82) is 0 Å². The summed E-state index contributed by atoms with van der Waals surface area (Å²) in [6.45, 7) is 16.7. The Bertz CT molecular complexity index is 1070. The summed E-state index contributed by atoms with van der Waals surface area (Å²) in [6.07, 6.45) is 28.5. The first kappa shape index (κ1) is 33.9. The van der Waals surface area contributed by atoms with Crippen LogP contribution in [-0.2, 0) is 51.4 Å². The van der Waals surface area contributed by atoms with E-state index in [0.717, 1.165) is 0 Å². The van der Waals surface area contributed by atoms with Crippen LogP contribution < -0.4 is 0 Å². The summed E-state index contributed by atoms with van der Waals surface area (Å²) in [5, 5.41) is 0. The first-order valence-electron chi connectivity index (χ1n) is 18.5. The summed E-state index contributed by atoms with van der Waals surface area (Å²) in [4.78, 5) is 0. The topological polar surface area (TPSA) is 0 Å². The van der Waals surface area contributed by atoms with Crippen molar-refractivity contribution in [3.05, 3.63) is 56.1 Å². The van der Waals surface area contributed by atoms with Crippen LogP contribution in [0.25, 0.3) is 11.1 Å². The molecule has 0 aliphatic heterocycles. The Balaban J connectivity index is 2.42. The second kappa shape index (κ2) is 18.2. The van der Waals surface area contributed by atoms with Crippen LogP contribution in [0.2, 0.25) is 0 Å². The van der Waals surface area contributed by atoms with Gasteiger partial charge in [-0.2, -0.15) is 0 Å². The molecule has 0 N–H and O–H groups in total. The number of hydrogen-bond acceptors (Lipinski definition) is 0. The molecular formula is C41H66. The van der Waals surface area contributed by atoms with Gasteiger partial charge >= 0.3 is 0 Å². The number of aryl methyl sites for hydroxylation is 1. The standard InChI is InChI=1S/C41H66/c1-8-15-22-31-29-32-30-39-36(26-19-12-5)34(24-17-10-3)35(25-18-11-4)38(28-21-14-7)41(39)40(32)37(27-20-13-6)33(31)23-16-9-2/h29H,8-28,30H2,1-7H3. The van der Waals surface area contributed by atoms with Crippen LogP contribution in [0.4, 0.5) is 0 Å². The van der Waals surface area contributed by atoms with Crippen LogP contribution in [0, 0.1) is 0 Å². The lowest BCUT2D eigenvalue weighted by molar-refractivity contribution is 0.716. The highest BCUT2D eigenvalue weighted by Crippen LogP contribution is 2.49. The van der Waals surface area contributed by atoms with Gasteiger partial charge in [-0.15, -0.1) is 0 Å². The fourth-order valence-corrected chi connectivity index (χ4v) is 7.56. The van der Waals surface area contributed by atoms with Crippen molar-refractivity contribution in [2.75, 3.05) is 0 Å². The molecule has 0 heteroatoms. The highest BCUT2D eigenvalue weighted by Gasteiger charge is 2.32. The lowest BCUT2D eigenvalue weighted by Crippen LogP contribution is -2.11. The Morgan fingerprint density at radius 1 is 0.390 bits per heavy atom. The Labute approximate surface area is 256 Å². The van der Waals surface area contributed by atoms with Gasteiger partial charge in [0.1, 0.15) is 0 Å². The minimum Gasteiger partial charge on any atom is -0.0654 e. The van der Waals surface area contributed by atoms with E-state index in [1.807, 2.05) is 0 Å². The molecule has 0 aromatic heterocycles. The third-order valence-corrected chi connectivity index (χ3v) is 9.88. The minimum absolute atomic E-state index is 1.20. The normalized spacial score (nSPS) is 12.3. The molecule has 2 aromatic rings. The number of rotatable bonds is 21. The van der Waals surface area contributed by atoms with Crippen LogP contribution in [0.1, 0.15) is 188 Å². The molecule has 0 amide bonds. The van der Waals surface area contributed by atoms with Gasteiger partial charge in [-0.3, -0.25) is 0 Å². The summed E-state index contributed by atoms with van der Waals surface area (Å²) >= 11 is 0. The molecule has 0 nitrogen and oxygen atoms in total. The Morgan fingerprint density at radius 2 is 0.756 bits per heavy atom. The minimum atomic E-state index is 1.20. The first-order chi connectivity index (χ1) is 20.1. The molecule has 0 saturated heterocycles. The van der Waals surface area contributed by atoms with Crippen molar-refractivity contribution in [2.24, 2.45) is 0 Å². The van der Waals surface area contributed by atoms with E-state index < -0.39 is 0 Å². The van der Waals surface area contributed by atoms with E-state index in [0.29, 0.717) is 0 Å². The highest BCUT2D eigenvalue weighted by atomic mass is 14.4. The fraction of sp³-hybridized carbons (Fsp3) is 0.707. The summed E-state index contributed by atoms with van der Waals surface area (Å²) in [5.74, 6) is 0. The van der Waals surface area contributed by atoms with E-state index in [4.69, 9.17) is 0 Å². The zero-order chi connectivity index (χ0) is 29.6. The SMILES string of the molecule is CCCCc1cc2c(c(CCCC)c1CCCC)-c1c(CCCC)c(CCCC)c(CCCC)c(CCCC)c1C2. The zero-order valence-corrected chi connectivity index (χ0v) is 28.6. The number of hydrogen-bond donors (Lipinski definition) is 0. The fourth-order valence-electron chi connectivity index (χ4n) is 7.56. The van der Waals surface area contributed by atoms with Crippen LogP contribution >= 0.6 is 0 Å². The molecule has 0 saturated carbocycles. The van der Waals surface area contributed by atoms with Gasteiger partial charge in [0.25, 0.3) is 0 Å². The monoisotopic (exact) mass is 559 g/mol. The molecule has 3 rings (SSSR count). The maximum Gasteiger partial charge on any atom is -0.00103 e. The molecule has 1 aliphatic carbocycles. The third-order valence-electron chi connectivity index (χ3n) is 9.88. The predicted molar refractivity (Wildman–Crippen MR) is 185 cm³/mol. The van der Waals surface area contributed by atoms with Crippen LogP contribution in [0.15, 0.2) is 6.07 Å². The van der Waals surface area contributed by atoms with Crippen LogP contribution in [0.3, 0.4) is 0 Å². The Kier molecular flexibility index (Phi) is 15.0. The Morgan fingerprint density at radius 3 is 1.24 bits per heavy atom. The smallest absolute Gasteiger partial charge is 0.00103 e. The summed E-state index contributed by atoms with van der Waals surface area (Å²) in [6, 6.07) is 2.73. The molecule has 0 spiro atoms. The van der Waals surface area contributed by atoms with E-state index in [1.165, 1.54) is 141 Å². The van der Waals surface area contributed by atoms with E-state index in [2.05, 4.69) is 54.5 Å². The maximum absolute atomic E-state index is 2.73. The Hall–Kier alpha value is -1.56. The second-order valence-electron chi connectivity index (χ2n) is 13.2. The van der Waals surface area contributed by atoms with E-state index in [-0.39, 0.29) is 0 Å². The molecule has 1 aliphatic rings. The summed E-state index contributed by atoms with van der Waals surface area (Å²) in [7, 11) is 0. The molecule has 41 heavy (non-hydrogen) atoms. The lowest BCUT2D eigenvalue weighted by Gasteiger charge is -2.26. The quantitative estimate of drug-likeness (QED) is 0.122. The van der Waals surface area contributed by atoms with Crippen molar-refractivity contribution in [2.45, 2.75) is 190 Å². The largest absolute Gasteiger partial charge is 0.0654 e. The molecule has 0 unspecified atom stereocenters. The molecule has 230 valence electrons. The van der Waals surface area contributed by atoms with Crippen molar-refractivity contribution < 1.29 is 0 Å². The summed E-state index contributed by atoms with van der Waals surface area (Å²) < 4.78 is 0. The van der Waals surface area contributed by atoms with E-state index in [1.54, 1.807) is 61.2 Å². The van der Waals surface area contributed by atoms with Gasteiger partial charge in [0.2, 0.25) is 0 Å². The molecule has 0 bridgehead atoms. The predicted octanol–water partition coefficient (Wildman–Crippen LogP) is 12.7. The second-order valence-corrected chi connectivity index (χ2v) is 13.2. The van der Waals surface area contributed by atoms with Crippen LogP contribution in [0.5, 0.6) is 0 Å². The average Bonchev–Trinajstić information content (AvgIpc) is 3.36. The third kappa shape index (κ3) is 8.30. The first-order valence-corrected chi connectivity index (χ1v) is 18.5. The molecule has 0 heterocycles. The van der Waals surface area contributed by atoms with Crippen LogP contribution in [-0.4, -0.2) is 0 Å². The average molecular weight is 559 g/mol. The van der Waals surface area contributed by atoms with E-state index in [9.17, 15) is 0 Å². The van der Waals surface area contributed by atoms with Crippen molar-refractivity contribution in [1.82, 2.24) is 0 Å². The lowest BCUT2D eigenvalue weighted by atomic mass is 9.78. The molecular weight excluding hydrogens is 492 g/mol. The van der Waals surface area contributed by atoms with Gasteiger partial charge in [-0.1, -0.05) is 99.5 Å². The number of unbranched alkanes of at least 4 members (excludes halogenated alkanes) is 7. The van der Waals surface area contributed by atoms with Gasteiger partial charge in [0.15, 0.2) is 0 Å². The van der Waals surface area contributed by atoms with Gasteiger partial charge in [-0.05, 0) is 158 Å². The highest BCUT2D eigenvalue weighted by molar-refractivity contribution is 5.86. The zero-order valence-electron chi connectivity index (χ0n) is 28.6. The number of benzene rings is 2. The maximum atomic E-state index is 2.73.